The van der Waals surface area contributed by atoms with E-state index in [0.29, 0.717) is 0 Å². The third-order valence-corrected chi connectivity index (χ3v) is 6.87. The van der Waals surface area contributed by atoms with Crippen molar-refractivity contribution in [1.29, 1.82) is 0 Å². The number of hydrogen-bond acceptors (Lipinski definition) is 6. The predicted molar refractivity (Wildman–Crippen MR) is 91.4 cm³/mol. The summed E-state index contributed by atoms with van der Waals surface area (Å²) in [6.07, 6.45) is 0.234. The molecule has 0 amide bonds. The number of carbonyl (C=O) groups is 1. The first-order valence-corrected chi connectivity index (χ1v) is 10.1. The fourth-order valence-electron chi connectivity index (χ4n) is 1.99. The lowest BCUT2D eigenvalue weighted by Crippen LogP contribution is -2.41. The zero-order chi connectivity index (χ0) is 17.2. The number of carboxylic acids is 1. The number of thiophene rings is 1. The molecule has 0 saturated carbocycles. The van der Waals surface area contributed by atoms with E-state index in [1.54, 1.807) is 6.07 Å². The molecule has 0 aromatic carbocycles. The molecule has 9 heteroatoms. The van der Waals surface area contributed by atoms with Gasteiger partial charge in [-0.15, -0.1) is 22.7 Å². The van der Waals surface area contributed by atoms with Gasteiger partial charge >= 0.3 is 5.97 Å². The van der Waals surface area contributed by atoms with Gasteiger partial charge in [-0.3, -0.25) is 4.79 Å². The van der Waals surface area contributed by atoms with E-state index in [0.717, 1.165) is 26.9 Å². The SMILES string of the molecule is Cc1nc(-c2ccc(S(=O)(=O)NC(CC(C)C)C(=O)O)s2)cs1. The molecule has 2 aromatic heterocycles. The maximum Gasteiger partial charge on any atom is 0.321 e. The first-order chi connectivity index (χ1) is 10.7. The van der Waals surface area contributed by atoms with Gasteiger partial charge in [-0.2, -0.15) is 4.72 Å². The van der Waals surface area contributed by atoms with Crippen LogP contribution in [-0.2, 0) is 14.8 Å². The van der Waals surface area contributed by atoms with Gasteiger partial charge in [0.25, 0.3) is 10.0 Å². The van der Waals surface area contributed by atoms with Crippen LogP contribution in [0, 0.1) is 12.8 Å². The van der Waals surface area contributed by atoms with E-state index in [1.807, 2.05) is 26.2 Å². The lowest BCUT2D eigenvalue weighted by Gasteiger charge is -2.15. The van der Waals surface area contributed by atoms with Crippen LogP contribution in [0.1, 0.15) is 25.3 Å². The summed E-state index contributed by atoms with van der Waals surface area (Å²) in [5, 5.41) is 12.0. The van der Waals surface area contributed by atoms with Gasteiger partial charge < -0.3 is 5.11 Å². The second-order valence-electron chi connectivity index (χ2n) is 5.51. The number of nitrogens with one attached hydrogen (secondary N) is 1. The third-order valence-electron chi connectivity index (χ3n) is 3.02. The minimum atomic E-state index is -3.87. The van der Waals surface area contributed by atoms with Crippen molar-refractivity contribution in [2.45, 2.75) is 37.4 Å². The minimum Gasteiger partial charge on any atom is -0.480 e. The normalized spacial score (nSPS) is 13.4. The monoisotopic (exact) mass is 374 g/mol. The van der Waals surface area contributed by atoms with Crippen molar-refractivity contribution in [2.75, 3.05) is 0 Å². The molecule has 6 nitrogen and oxygen atoms in total. The van der Waals surface area contributed by atoms with Crippen molar-refractivity contribution < 1.29 is 18.3 Å². The van der Waals surface area contributed by atoms with Gasteiger partial charge in [-0.05, 0) is 31.4 Å². The van der Waals surface area contributed by atoms with E-state index in [9.17, 15) is 18.3 Å². The maximum atomic E-state index is 12.4. The number of aliphatic carboxylic acids is 1. The van der Waals surface area contributed by atoms with Gasteiger partial charge in [0.05, 0.1) is 15.6 Å². The highest BCUT2D eigenvalue weighted by atomic mass is 32.2. The highest BCUT2D eigenvalue weighted by Gasteiger charge is 2.27. The fourth-order valence-corrected chi connectivity index (χ4v) is 5.17. The van der Waals surface area contributed by atoms with Crippen LogP contribution in [0.5, 0.6) is 0 Å². The quantitative estimate of drug-likeness (QED) is 0.777. The van der Waals surface area contributed by atoms with Crippen LogP contribution >= 0.6 is 22.7 Å². The Bertz CT molecular complexity index is 793. The van der Waals surface area contributed by atoms with Crippen molar-refractivity contribution in [1.82, 2.24) is 9.71 Å². The zero-order valence-corrected chi connectivity index (χ0v) is 15.4. The van der Waals surface area contributed by atoms with Crippen LogP contribution in [0.4, 0.5) is 0 Å². The summed E-state index contributed by atoms with van der Waals surface area (Å²) in [6, 6.07) is 2.03. The van der Waals surface area contributed by atoms with Crippen molar-refractivity contribution in [3.05, 3.63) is 22.5 Å². The first kappa shape index (κ1) is 18.1. The standard InChI is InChI=1S/C14H18N2O4S3/c1-8(2)6-10(14(17)18)16-23(19,20)13-5-4-12(22-13)11-7-21-9(3)15-11/h4-5,7-8,10,16H,6H2,1-3H3,(H,17,18). The van der Waals surface area contributed by atoms with E-state index in [4.69, 9.17) is 0 Å². The predicted octanol–water partition coefficient (Wildman–Crippen LogP) is 2.96. The number of hydrogen-bond donors (Lipinski definition) is 2. The molecule has 0 aliphatic heterocycles. The molecule has 23 heavy (non-hydrogen) atoms. The smallest absolute Gasteiger partial charge is 0.321 e. The van der Waals surface area contributed by atoms with Crippen molar-refractivity contribution in [2.24, 2.45) is 5.92 Å². The Hall–Kier alpha value is -1.29. The Kier molecular flexibility index (Phi) is 5.56. The lowest BCUT2D eigenvalue weighted by atomic mass is 10.1. The molecule has 2 aromatic rings. The minimum absolute atomic E-state index is 0.0654. The summed E-state index contributed by atoms with van der Waals surface area (Å²) in [5.74, 6) is -1.11. The molecule has 0 radical (unpaired) electrons. The Morgan fingerprint density at radius 1 is 1.39 bits per heavy atom. The Morgan fingerprint density at radius 2 is 2.09 bits per heavy atom. The Morgan fingerprint density at radius 3 is 2.61 bits per heavy atom. The summed E-state index contributed by atoms with van der Waals surface area (Å²) >= 11 is 2.57. The van der Waals surface area contributed by atoms with E-state index < -0.39 is 22.0 Å². The Labute approximate surface area is 143 Å². The van der Waals surface area contributed by atoms with E-state index >= 15 is 0 Å². The number of nitrogens with zero attached hydrogens (tertiary/aromatic N) is 1. The molecule has 0 saturated heterocycles. The van der Waals surface area contributed by atoms with Gasteiger partial charge in [-0.1, -0.05) is 13.8 Å². The average Bonchev–Trinajstić information content (AvgIpc) is 3.05. The van der Waals surface area contributed by atoms with Crippen LogP contribution in [-0.4, -0.2) is 30.5 Å². The number of carboxylic acid groups (broad SMARTS) is 1. The summed E-state index contributed by atoms with van der Waals surface area (Å²) in [7, 11) is -3.87. The fraction of sp³-hybridized carbons (Fsp3) is 0.429. The zero-order valence-electron chi connectivity index (χ0n) is 12.9. The molecular weight excluding hydrogens is 356 g/mol. The summed E-state index contributed by atoms with van der Waals surface area (Å²) in [6.45, 7) is 5.57. The molecule has 0 spiro atoms. The van der Waals surface area contributed by atoms with Crippen molar-refractivity contribution >= 4 is 38.7 Å². The summed E-state index contributed by atoms with van der Waals surface area (Å²) in [4.78, 5) is 16.3. The second-order valence-corrected chi connectivity index (χ2v) is 9.60. The molecular formula is C14H18N2O4S3. The molecule has 0 bridgehead atoms. The molecule has 1 atom stereocenters. The molecule has 0 aliphatic carbocycles. The van der Waals surface area contributed by atoms with Gasteiger partial charge in [0, 0.05) is 5.38 Å². The summed E-state index contributed by atoms with van der Waals surface area (Å²) < 4.78 is 27.2. The van der Waals surface area contributed by atoms with Crippen LogP contribution in [0.3, 0.4) is 0 Å². The molecule has 1 unspecified atom stereocenters. The number of aromatic nitrogens is 1. The maximum absolute atomic E-state index is 12.4. The summed E-state index contributed by atoms with van der Waals surface area (Å²) in [5.41, 5.74) is 0.732. The van der Waals surface area contributed by atoms with E-state index in [2.05, 4.69) is 9.71 Å². The molecule has 2 heterocycles. The van der Waals surface area contributed by atoms with Crippen molar-refractivity contribution in [3.63, 3.8) is 0 Å². The first-order valence-electron chi connectivity index (χ1n) is 6.96. The number of thiazole rings is 1. The number of aryl methyl sites for hydroxylation is 1. The number of sulfonamides is 1. The topological polar surface area (TPSA) is 96.4 Å². The largest absolute Gasteiger partial charge is 0.480 e. The van der Waals surface area contributed by atoms with Crippen LogP contribution in [0.2, 0.25) is 0 Å². The molecule has 0 aliphatic rings. The van der Waals surface area contributed by atoms with Crippen LogP contribution < -0.4 is 4.72 Å². The van der Waals surface area contributed by atoms with E-state index in [1.165, 1.54) is 17.4 Å². The molecule has 0 fully saturated rings. The van der Waals surface area contributed by atoms with Crippen LogP contribution in [0.25, 0.3) is 10.6 Å². The highest BCUT2D eigenvalue weighted by Crippen LogP contribution is 2.31. The van der Waals surface area contributed by atoms with E-state index in [-0.39, 0.29) is 16.5 Å². The second kappa shape index (κ2) is 7.08. The van der Waals surface area contributed by atoms with Gasteiger partial charge in [0.2, 0.25) is 0 Å². The molecule has 126 valence electrons. The van der Waals surface area contributed by atoms with Gasteiger partial charge in [-0.25, -0.2) is 13.4 Å². The third kappa shape index (κ3) is 4.60. The van der Waals surface area contributed by atoms with Crippen molar-refractivity contribution in [3.8, 4) is 10.6 Å². The molecule has 2 rings (SSSR count). The van der Waals surface area contributed by atoms with Crippen LogP contribution in [0.15, 0.2) is 21.7 Å². The number of rotatable bonds is 7. The lowest BCUT2D eigenvalue weighted by molar-refractivity contribution is -0.139. The van der Waals surface area contributed by atoms with Gasteiger partial charge in [0.15, 0.2) is 0 Å². The highest BCUT2D eigenvalue weighted by molar-refractivity contribution is 7.91. The Balaban J connectivity index is 2.22. The average molecular weight is 375 g/mol. The van der Waals surface area contributed by atoms with Gasteiger partial charge in [0.1, 0.15) is 10.3 Å². The molecule has 2 N–H and O–H groups in total.